The molecule has 0 aliphatic heterocycles. The van der Waals surface area contributed by atoms with Crippen LogP contribution in [0.1, 0.15) is 16.7 Å². The van der Waals surface area contributed by atoms with Crippen molar-refractivity contribution < 1.29 is 8.76 Å². The average molecular weight is 198 g/mol. The van der Waals surface area contributed by atoms with E-state index in [1.54, 1.807) is 0 Å². The topological polar surface area (TPSA) is 37.3 Å². The number of hydrogen-bond donors (Lipinski definition) is 1. The van der Waals surface area contributed by atoms with Crippen LogP contribution in [-0.4, -0.2) is 14.5 Å². The van der Waals surface area contributed by atoms with Gasteiger partial charge in [-0.05, 0) is 25.8 Å². The van der Waals surface area contributed by atoms with E-state index in [9.17, 15) is 4.21 Å². The van der Waals surface area contributed by atoms with Crippen LogP contribution in [0, 0.1) is 13.8 Å². The van der Waals surface area contributed by atoms with Crippen LogP contribution in [0.4, 0.5) is 0 Å². The van der Waals surface area contributed by atoms with Gasteiger partial charge in [-0.2, -0.15) is 0 Å². The van der Waals surface area contributed by atoms with Crippen LogP contribution >= 0.6 is 0 Å². The zero-order valence-electron chi connectivity index (χ0n) is 7.91. The van der Waals surface area contributed by atoms with Crippen molar-refractivity contribution in [2.45, 2.75) is 20.3 Å². The normalized spacial score (nSPS) is 12.8. The summed E-state index contributed by atoms with van der Waals surface area (Å²) in [6, 6.07) is 6.21. The van der Waals surface area contributed by atoms with Crippen LogP contribution in [0.25, 0.3) is 0 Å². The van der Waals surface area contributed by atoms with Crippen molar-refractivity contribution in [3.63, 3.8) is 0 Å². The van der Waals surface area contributed by atoms with Gasteiger partial charge in [-0.3, -0.25) is 0 Å². The highest BCUT2D eigenvalue weighted by Crippen LogP contribution is 2.09. The maximum absolute atomic E-state index is 10.5. The second kappa shape index (κ2) is 4.53. The molecule has 0 radical (unpaired) electrons. The van der Waals surface area contributed by atoms with Gasteiger partial charge in [0.15, 0.2) is 11.1 Å². The van der Waals surface area contributed by atoms with E-state index in [0.717, 1.165) is 5.56 Å². The Morgan fingerprint density at radius 2 is 1.77 bits per heavy atom. The highest BCUT2D eigenvalue weighted by molar-refractivity contribution is 7.79. The maximum atomic E-state index is 10.5. The van der Waals surface area contributed by atoms with Gasteiger partial charge < -0.3 is 4.55 Å². The molecule has 3 heteroatoms. The maximum Gasteiger partial charge on any atom is 0.153 e. The molecule has 0 heterocycles. The zero-order valence-corrected chi connectivity index (χ0v) is 8.73. The van der Waals surface area contributed by atoms with E-state index in [1.807, 2.05) is 13.8 Å². The molecule has 1 unspecified atom stereocenters. The summed E-state index contributed by atoms with van der Waals surface area (Å²) >= 11 is -1.68. The lowest BCUT2D eigenvalue weighted by Gasteiger charge is -2.02. The molecule has 0 saturated heterocycles. The van der Waals surface area contributed by atoms with Crippen molar-refractivity contribution >= 4 is 11.1 Å². The average Bonchev–Trinajstić information content (AvgIpc) is 1.99. The third-order valence-electron chi connectivity index (χ3n) is 1.85. The molecule has 1 atom stereocenters. The summed E-state index contributed by atoms with van der Waals surface area (Å²) in [6.45, 7) is 4.07. The molecule has 1 N–H and O–H groups in total. The molecule has 1 rings (SSSR count). The van der Waals surface area contributed by atoms with Gasteiger partial charge in [-0.15, -0.1) is 0 Å². The van der Waals surface area contributed by atoms with Gasteiger partial charge in [-0.1, -0.05) is 29.3 Å². The van der Waals surface area contributed by atoms with Gasteiger partial charge in [0, 0.05) is 0 Å². The van der Waals surface area contributed by atoms with E-state index in [0.29, 0.717) is 12.2 Å². The first-order valence-electron chi connectivity index (χ1n) is 4.22. The Hall–Kier alpha value is -0.670. The second-order valence-corrected chi connectivity index (χ2v) is 4.32. The number of hydrogen-bond acceptors (Lipinski definition) is 1. The van der Waals surface area contributed by atoms with Crippen LogP contribution in [0.5, 0.6) is 0 Å². The van der Waals surface area contributed by atoms with Gasteiger partial charge in [0.2, 0.25) is 0 Å². The molecule has 1 aromatic rings. The molecule has 0 aliphatic carbocycles. The summed E-state index contributed by atoms with van der Waals surface area (Å²) < 4.78 is 19.1. The van der Waals surface area contributed by atoms with E-state index >= 15 is 0 Å². The number of benzene rings is 1. The summed E-state index contributed by atoms with van der Waals surface area (Å²) in [5.41, 5.74) is 3.55. The summed E-state index contributed by atoms with van der Waals surface area (Å²) in [6.07, 6.45) is 0.672. The molecular formula is C10H14O2S. The first kappa shape index (κ1) is 10.4. The fraction of sp³-hybridized carbons (Fsp3) is 0.400. The largest absolute Gasteiger partial charge is 0.306 e. The minimum Gasteiger partial charge on any atom is -0.306 e. The fourth-order valence-corrected chi connectivity index (χ4v) is 1.83. The van der Waals surface area contributed by atoms with Gasteiger partial charge in [0.05, 0.1) is 5.75 Å². The lowest BCUT2D eigenvalue weighted by Crippen LogP contribution is -1.99. The van der Waals surface area contributed by atoms with Crippen LogP contribution < -0.4 is 0 Å². The quantitative estimate of drug-likeness (QED) is 0.755. The van der Waals surface area contributed by atoms with Gasteiger partial charge >= 0.3 is 0 Å². The summed E-state index contributed by atoms with van der Waals surface area (Å²) in [4.78, 5) is 0. The first-order chi connectivity index (χ1) is 6.08. The molecule has 0 aromatic heterocycles. The molecule has 0 saturated carbocycles. The molecule has 13 heavy (non-hydrogen) atoms. The van der Waals surface area contributed by atoms with E-state index < -0.39 is 11.1 Å². The van der Waals surface area contributed by atoms with Crippen molar-refractivity contribution in [2.75, 3.05) is 5.75 Å². The Balaban J connectivity index is 2.71. The summed E-state index contributed by atoms with van der Waals surface area (Å²) in [5.74, 6) is 0.322. The minimum absolute atomic E-state index is 0.322. The van der Waals surface area contributed by atoms with Crippen LogP contribution in [-0.2, 0) is 17.5 Å². The number of rotatable bonds is 3. The Bertz CT molecular complexity index is 300. The van der Waals surface area contributed by atoms with Crippen LogP contribution in [0.3, 0.4) is 0 Å². The zero-order chi connectivity index (χ0) is 9.84. The van der Waals surface area contributed by atoms with E-state index in [2.05, 4.69) is 18.2 Å². The molecule has 72 valence electrons. The Kier molecular flexibility index (Phi) is 3.63. The Labute approximate surface area is 81.3 Å². The van der Waals surface area contributed by atoms with E-state index in [4.69, 9.17) is 4.55 Å². The molecule has 0 amide bonds. The molecule has 0 bridgehead atoms. The standard InChI is InChI=1S/C10H14O2S/c1-8-5-9(2)7-10(6-8)3-4-13(11)12/h5-7H,3-4H2,1-2H3,(H,11,12). The molecular weight excluding hydrogens is 184 g/mol. The summed E-state index contributed by atoms with van der Waals surface area (Å²) in [5, 5.41) is 0. The monoisotopic (exact) mass is 198 g/mol. The van der Waals surface area contributed by atoms with Gasteiger partial charge in [-0.25, -0.2) is 4.21 Å². The molecule has 0 fully saturated rings. The van der Waals surface area contributed by atoms with E-state index in [-0.39, 0.29) is 0 Å². The second-order valence-electron chi connectivity index (χ2n) is 3.27. The molecule has 2 nitrogen and oxygen atoms in total. The predicted molar refractivity (Wildman–Crippen MR) is 55.3 cm³/mol. The first-order valence-corrected chi connectivity index (χ1v) is 5.50. The number of aryl methyl sites for hydroxylation is 3. The molecule has 0 aliphatic rings. The lowest BCUT2D eigenvalue weighted by molar-refractivity contribution is 0.563. The molecule has 1 aromatic carbocycles. The molecule has 0 spiro atoms. The Morgan fingerprint density at radius 1 is 1.23 bits per heavy atom. The highest BCUT2D eigenvalue weighted by Gasteiger charge is 1.98. The smallest absolute Gasteiger partial charge is 0.153 e. The SMILES string of the molecule is Cc1cc(C)cc(CCS(=O)O)c1. The fourth-order valence-electron chi connectivity index (χ4n) is 1.42. The van der Waals surface area contributed by atoms with Crippen molar-refractivity contribution in [3.8, 4) is 0 Å². The van der Waals surface area contributed by atoms with Gasteiger partial charge in [0.1, 0.15) is 0 Å². The third kappa shape index (κ3) is 3.70. The van der Waals surface area contributed by atoms with Crippen molar-refractivity contribution in [2.24, 2.45) is 0 Å². The predicted octanol–water partition coefficient (Wildman–Crippen LogP) is 2.07. The van der Waals surface area contributed by atoms with Crippen molar-refractivity contribution in [1.29, 1.82) is 0 Å². The van der Waals surface area contributed by atoms with E-state index in [1.165, 1.54) is 11.1 Å². The van der Waals surface area contributed by atoms with Crippen molar-refractivity contribution in [1.82, 2.24) is 0 Å². The summed E-state index contributed by atoms with van der Waals surface area (Å²) in [7, 11) is 0. The Morgan fingerprint density at radius 3 is 2.23 bits per heavy atom. The lowest BCUT2D eigenvalue weighted by atomic mass is 10.1. The van der Waals surface area contributed by atoms with Crippen LogP contribution in [0.2, 0.25) is 0 Å². The highest BCUT2D eigenvalue weighted by atomic mass is 32.2. The van der Waals surface area contributed by atoms with Crippen molar-refractivity contribution in [3.05, 3.63) is 34.9 Å². The van der Waals surface area contributed by atoms with Gasteiger partial charge in [0.25, 0.3) is 0 Å². The van der Waals surface area contributed by atoms with Crippen LogP contribution in [0.15, 0.2) is 18.2 Å². The third-order valence-corrected chi connectivity index (χ3v) is 2.40. The minimum atomic E-state index is -1.68.